The van der Waals surface area contributed by atoms with Gasteiger partial charge < -0.3 is 19.7 Å². The highest BCUT2D eigenvalue weighted by Crippen LogP contribution is 2.41. The van der Waals surface area contributed by atoms with Crippen LogP contribution in [0.2, 0.25) is 0 Å². The third-order valence-corrected chi connectivity index (χ3v) is 6.09. The lowest BCUT2D eigenvalue weighted by Crippen LogP contribution is -2.49. The van der Waals surface area contributed by atoms with Gasteiger partial charge >= 0.3 is 6.09 Å². The Labute approximate surface area is 181 Å². The van der Waals surface area contributed by atoms with Crippen LogP contribution in [0.4, 0.5) is 9.18 Å². The number of rotatable bonds is 8. The predicted molar refractivity (Wildman–Crippen MR) is 114 cm³/mol. The van der Waals surface area contributed by atoms with E-state index < -0.39 is 5.67 Å². The number of carbonyl (C=O) groups is 2. The summed E-state index contributed by atoms with van der Waals surface area (Å²) in [6.45, 7) is 1.64. The quantitative estimate of drug-likeness (QED) is 0.651. The van der Waals surface area contributed by atoms with E-state index in [1.54, 1.807) is 17.0 Å². The average Bonchev–Trinajstić information content (AvgIpc) is 3.58. The number of likely N-dealkylation sites (tertiary alicyclic amines) is 1. The Bertz CT molecular complexity index is 882. The lowest BCUT2D eigenvalue weighted by Gasteiger charge is -2.36. The van der Waals surface area contributed by atoms with Gasteiger partial charge in [0.2, 0.25) is 0 Å². The number of halogens is 1. The number of nitrogens with zero attached hydrogens (tertiary/aromatic N) is 1. The molecular weight excluding hydrogens is 399 g/mol. The molecule has 7 heteroatoms. The lowest BCUT2D eigenvalue weighted by atomic mass is 9.93. The lowest BCUT2D eigenvalue weighted by molar-refractivity contribution is -0.120. The summed E-state index contributed by atoms with van der Waals surface area (Å²) in [7, 11) is 0. The van der Waals surface area contributed by atoms with Crippen LogP contribution < -0.4 is 10.1 Å². The number of carbonyl (C=O) groups excluding carboxylic acids is 2. The van der Waals surface area contributed by atoms with Crippen LogP contribution in [0.15, 0.2) is 54.6 Å². The van der Waals surface area contributed by atoms with Crippen molar-refractivity contribution in [1.29, 1.82) is 0 Å². The minimum atomic E-state index is -1.31. The highest BCUT2D eigenvalue weighted by Gasteiger charge is 2.42. The molecule has 2 aromatic rings. The van der Waals surface area contributed by atoms with Crippen molar-refractivity contribution in [3.05, 3.63) is 65.7 Å². The third kappa shape index (κ3) is 5.61. The van der Waals surface area contributed by atoms with Gasteiger partial charge in [0, 0.05) is 44.4 Å². The van der Waals surface area contributed by atoms with Gasteiger partial charge in [0.1, 0.15) is 18.0 Å². The van der Waals surface area contributed by atoms with Crippen LogP contribution in [0.1, 0.15) is 36.3 Å². The van der Waals surface area contributed by atoms with E-state index in [0.29, 0.717) is 44.1 Å². The SMILES string of the molecule is O=COc1ccc(C2CC2NCC2(F)CCN(C(=O)OCc3ccccc3)CC2)cc1. The van der Waals surface area contributed by atoms with Crippen molar-refractivity contribution in [2.45, 2.75) is 43.5 Å². The van der Waals surface area contributed by atoms with Gasteiger partial charge in [-0.25, -0.2) is 9.18 Å². The van der Waals surface area contributed by atoms with Gasteiger partial charge in [-0.3, -0.25) is 4.79 Å². The Morgan fingerprint density at radius 1 is 1.13 bits per heavy atom. The van der Waals surface area contributed by atoms with Crippen LogP contribution in [0.3, 0.4) is 0 Å². The summed E-state index contributed by atoms with van der Waals surface area (Å²) in [4.78, 5) is 24.2. The molecule has 1 heterocycles. The first-order chi connectivity index (χ1) is 15.1. The van der Waals surface area contributed by atoms with E-state index in [0.717, 1.165) is 17.5 Å². The monoisotopic (exact) mass is 426 g/mol. The topological polar surface area (TPSA) is 67.9 Å². The molecule has 2 atom stereocenters. The molecule has 2 unspecified atom stereocenters. The number of benzene rings is 2. The molecule has 4 rings (SSSR count). The second kappa shape index (κ2) is 9.47. The zero-order valence-electron chi connectivity index (χ0n) is 17.3. The number of hydrogen-bond donors (Lipinski definition) is 1. The van der Waals surface area contributed by atoms with Crippen molar-refractivity contribution in [3.63, 3.8) is 0 Å². The molecule has 1 aliphatic carbocycles. The Balaban J connectivity index is 1.18. The van der Waals surface area contributed by atoms with Crippen molar-refractivity contribution in [2.75, 3.05) is 19.6 Å². The van der Waals surface area contributed by atoms with Crippen molar-refractivity contribution in [2.24, 2.45) is 0 Å². The number of nitrogens with one attached hydrogen (secondary N) is 1. The molecule has 2 fully saturated rings. The summed E-state index contributed by atoms with van der Waals surface area (Å²) < 4.78 is 25.4. The zero-order chi connectivity index (χ0) is 21.7. The molecule has 0 aromatic heterocycles. The maximum atomic E-state index is 15.2. The van der Waals surface area contributed by atoms with Gasteiger partial charge in [0.25, 0.3) is 6.47 Å². The minimum Gasteiger partial charge on any atom is -0.445 e. The number of ether oxygens (including phenoxy) is 2. The number of amides is 1. The summed E-state index contributed by atoms with van der Waals surface area (Å²) in [5.74, 6) is 0.864. The fraction of sp³-hybridized carbons (Fsp3) is 0.417. The summed E-state index contributed by atoms with van der Waals surface area (Å²) in [6.07, 6.45) is 1.18. The minimum absolute atomic E-state index is 0.226. The van der Waals surface area contributed by atoms with E-state index in [4.69, 9.17) is 9.47 Å². The summed E-state index contributed by atoms with van der Waals surface area (Å²) in [5, 5.41) is 3.35. The van der Waals surface area contributed by atoms with Crippen molar-refractivity contribution in [3.8, 4) is 5.75 Å². The summed E-state index contributed by atoms with van der Waals surface area (Å²) in [5.41, 5.74) is 0.770. The van der Waals surface area contributed by atoms with E-state index in [-0.39, 0.29) is 25.3 Å². The molecule has 1 saturated carbocycles. The van der Waals surface area contributed by atoms with E-state index in [1.165, 1.54) is 0 Å². The Morgan fingerprint density at radius 2 is 1.84 bits per heavy atom. The molecule has 164 valence electrons. The van der Waals surface area contributed by atoms with Crippen LogP contribution in [-0.4, -0.2) is 48.8 Å². The second-order valence-electron chi connectivity index (χ2n) is 8.29. The first kappa shape index (κ1) is 21.3. The van der Waals surface area contributed by atoms with Gasteiger partial charge in [0.15, 0.2) is 0 Å². The van der Waals surface area contributed by atoms with Gasteiger partial charge in [-0.05, 0) is 29.7 Å². The van der Waals surface area contributed by atoms with Gasteiger partial charge in [-0.15, -0.1) is 0 Å². The molecular formula is C24H27FN2O4. The second-order valence-corrected chi connectivity index (χ2v) is 8.29. The third-order valence-electron chi connectivity index (χ3n) is 6.09. The van der Waals surface area contributed by atoms with Crippen molar-refractivity contribution >= 4 is 12.6 Å². The van der Waals surface area contributed by atoms with Crippen LogP contribution in [0, 0.1) is 0 Å². The van der Waals surface area contributed by atoms with Crippen LogP contribution >= 0.6 is 0 Å². The summed E-state index contributed by atoms with van der Waals surface area (Å²) in [6, 6.07) is 17.2. The van der Waals surface area contributed by atoms with Crippen LogP contribution in [-0.2, 0) is 16.1 Å². The molecule has 0 spiro atoms. The highest BCUT2D eigenvalue weighted by molar-refractivity contribution is 5.67. The fourth-order valence-corrected chi connectivity index (χ4v) is 4.03. The largest absolute Gasteiger partial charge is 0.445 e. The van der Waals surface area contributed by atoms with E-state index in [1.807, 2.05) is 42.5 Å². The standard InChI is InChI=1S/C24H27FN2O4/c25-24(16-26-22-14-21(22)19-6-8-20(9-7-19)31-17-28)10-12-27(13-11-24)23(29)30-15-18-4-2-1-3-5-18/h1-9,17,21-22,26H,10-16H2. The molecule has 0 radical (unpaired) electrons. The van der Waals surface area contributed by atoms with Crippen molar-refractivity contribution < 1.29 is 23.5 Å². The van der Waals surface area contributed by atoms with Crippen molar-refractivity contribution in [1.82, 2.24) is 10.2 Å². The number of alkyl halides is 1. The molecule has 0 bridgehead atoms. The van der Waals surface area contributed by atoms with Gasteiger partial charge in [-0.2, -0.15) is 0 Å². The smallest absolute Gasteiger partial charge is 0.410 e. The molecule has 1 amide bonds. The van der Waals surface area contributed by atoms with E-state index in [2.05, 4.69) is 5.32 Å². The predicted octanol–water partition coefficient (Wildman–Crippen LogP) is 3.81. The molecule has 6 nitrogen and oxygen atoms in total. The summed E-state index contributed by atoms with van der Waals surface area (Å²) >= 11 is 0. The van der Waals surface area contributed by atoms with Crippen LogP contribution in [0.25, 0.3) is 0 Å². The fourth-order valence-electron chi connectivity index (χ4n) is 4.03. The molecule has 2 aliphatic rings. The maximum Gasteiger partial charge on any atom is 0.410 e. The molecule has 31 heavy (non-hydrogen) atoms. The normalized spacial score (nSPS) is 21.9. The number of hydrogen-bond acceptors (Lipinski definition) is 5. The van der Waals surface area contributed by atoms with E-state index >= 15 is 4.39 Å². The highest BCUT2D eigenvalue weighted by atomic mass is 19.1. The van der Waals surface area contributed by atoms with Gasteiger partial charge in [-0.1, -0.05) is 42.5 Å². The van der Waals surface area contributed by atoms with Crippen LogP contribution in [0.5, 0.6) is 5.75 Å². The first-order valence-electron chi connectivity index (χ1n) is 10.6. The zero-order valence-corrected chi connectivity index (χ0v) is 17.3. The Hall–Kier alpha value is -2.93. The maximum absolute atomic E-state index is 15.2. The molecule has 1 saturated heterocycles. The first-order valence-corrected chi connectivity index (χ1v) is 10.6. The Morgan fingerprint density at radius 3 is 2.52 bits per heavy atom. The Kier molecular flexibility index (Phi) is 6.51. The molecule has 1 aliphatic heterocycles. The van der Waals surface area contributed by atoms with Gasteiger partial charge in [0.05, 0.1) is 0 Å². The molecule has 2 aromatic carbocycles. The van der Waals surface area contributed by atoms with E-state index in [9.17, 15) is 9.59 Å². The number of piperidine rings is 1. The molecule has 1 N–H and O–H groups in total. The average molecular weight is 426 g/mol.